The van der Waals surface area contributed by atoms with E-state index in [0.717, 1.165) is 61.4 Å². The van der Waals surface area contributed by atoms with Crippen LogP contribution in [0.3, 0.4) is 0 Å². The van der Waals surface area contributed by atoms with E-state index in [1.807, 2.05) is 44.3 Å². The van der Waals surface area contributed by atoms with Crippen LogP contribution in [0.25, 0.3) is 50.4 Å². The number of pyridine rings is 2. The second-order valence-corrected chi connectivity index (χ2v) is 9.42. The molecule has 0 amide bonds. The molecule has 0 saturated heterocycles. The predicted octanol–water partition coefficient (Wildman–Crippen LogP) is 7.43. The van der Waals surface area contributed by atoms with Crippen molar-refractivity contribution in [3.05, 3.63) is 84.4 Å². The van der Waals surface area contributed by atoms with Gasteiger partial charge in [0.2, 0.25) is 0 Å². The first kappa shape index (κ1) is 24.2. The van der Waals surface area contributed by atoms with Gasteiger partial charge < -0.3 is 10.3 Å². The molecule has 1 aromatic carbocycles. The lowest BCUT2D eigenvalue weighted by molar-refractivity contribution is 0.778. The maximum Gasteiger partial charge on any atom is 0.161 e. The van der Waals surface area contributed by atoms with E-state index in [4.69, 9.17) is 9.97 Å². The summed E-state index contributed by atoms with van der Waals surface area (Å²) in [6.45, 7) is 14.4. The Morgan fingerprint density at radius 1 is 1.05 bits per heavy atom. The minimum Gasteiger partial charge on any atom is -0.358 e. The number of benzene rings is 1. The fraction of sp³-hybridized carbons (Fsp3) is 0.200. The maximum absolute atomic E-state index is 4.97. The Labute approximate surface area is 216 Å². The lowest BCUT2D eigenvalue weighted by Crippen LogP contribution is -2.04. The van der Waals surface area contributed by atoms with Crippen molar-refractivity contribution in [2.24, 2.45) is 5.92 Å². The zero-order valence-electron chi connectivity index (χ0n) is 21.8. The summed E-state index contributed by atoms with van der Waals surface area (Å²) >= 11 is 0. The Kier molecular flexibility index (Phi) is 6.44. The molecule has 37 heavy (non-hydrogen) atoms. The van der Waals surface area contributed by atoms with Gasteiger partial charge in [0.1, 0.15) is 5.52 Å². The van der Waals surface area contributed by atoms with Gasteiger partial charge in [0.05, 0.1) is 34.1 Å². The third kappa shape index (κ3) is 4.56. The van der Waals surface area contributed by atoms with Crippen LogP contribution in [0, 0.1) is 12.8 Å². The van der Waals surface area contributed by atoms with Gasteiger partial charge in [-0.05, 0) is 56.0 Å². The standard InChI is InChI=1S/C30H31N7/c1-7-9-20(8-2)23-11-10-18(5)26-27(23)35-30(34-26)29-28-25(36-37-29)13-12-24(33-28)21-14-22(16-31-15-21)32-19(6)17(3)4/h7-17,32H,6H2,1-5H3,(H,34,35)(H,36,37)/b9-7-,20-8+. The number of fused-ring (bicyclic) bond motifs is 2. The van der Waals surface area contributed by atoms with E-state index < -0.39 is 0 Å². The Morgan fingerprint density at radius 3 is 2.65 bits per heavy atom. The van der Waals surface area contributed by atoms with Crippen LogP contribution in [0.5, 0.6) is 0 Å². The summed E-state index contributed by atoms with van der Waals surface area (Å²) < 4.78 is 0. The predicted molar refractivity (Wildman–Crippen MR) is 153 cm³/mol. The van der Waals surface area contributed by atoms with Crippen molar-refractivity contribution in [3.63, 3.8) is 0 Å². The minimum atomic E-state index is 0.321. The number of imidazole rings is 1. The van der Waals surface area contributed by atoms with Gasteiger partial charge in [0.25, 0.3) is 0 Å². The third-order valence-corrected chi connectivity index (χ3v) is 6.48. The van der Waals surface area contributed by atoms with Gasteiger partial charge >= 0.3 is 0 Å². The molecule has 0 radical (unpaired) electrons. The van der Waals surface area contributed by atoms with Crippen molar-refractivity contribution in [3.8, 4) is 22.8 Å². The van der Waals surface area contributed by atoms with Crippen LogP contribution in [0.15, 0.2) is 73.2 Å². The number of allylic oxidation sites excluding steroid dienone is 5. The molecule has 0 fully saturated rings. The maximum atomic E-state index is 4.97. The second kappa shape index (κ2) is 9.85. The van der Waals surface area contributed by atoms with Crippen molar-refractivity contribution in [2.45, 2.75) is 34.6 Å². The van der Waals surface area contributed by atoms with Crippen molar-refractivity contribution in [2.75, 3.05) is 5.32 Å². The highest BCUT2D eigenvalue weighted by molar-refractivity contribution is 5.97. The summed E-state index contributed by atoms with van der Waals surface area (Å²) in [4.78, 5) is 17.9. The van der Waals surface area contributed by atoms with Crippen molar-refractivity contribution in [1.29, 1.82) is 0 Å². The molecule has 0 saturated carbocycles. The molecule has 0 aliphatic heterocycles. The third-order valence-electron chi connectivity index (χ3n) is 6.48. The monoisotopic (exact) mass is 489 g/mol. The number of aromatic amines is 2. The van der Waals surface area contributed by atoms with E-state index in [1.165, 1.54) is 0 Å². The van der Waals surface area contributed by atoms with E-state index >= 15 is 0 Å². The average Bonchev–Trinajstić information content (AvgIpc) is 3.52. The normalized spacial score (nSPS) is 12.3. The fourth-order valence-corrected chi connectivity index (χ4v) is 4.30. The second-order valence-electron chi connectivity index (χ2n) is 9.42. The fourth-order valence-electron chi connectivity index (χ4n) is 4.30. The molecule has 0 unspecified atom stereocenters. The van der Waals surface area contributed by atoms with Gasteiger partial charge in [-0.25, -0.2) is 9.97 Å². The Morgan fingerprint density at radius 2 is 1.89 bits per heavy atom. The molecule has 4 heterocycles. The van der Waals surface area contributed by atoms with Gasteiger partial charge in [-0.15, -0.1) is 0 Å². The van der Waals surface area contributed by atoms with Crippen molar-refractivity contribution < 1.29 is 0 Å². The van der Waals surface area contributed by atoms with Gasteiger partial charge in [-0.3, -0.25) is 10.1 Å². The molecule has 7 heteroatoms. The number of H-pyrrole nitrogens is 2. The number of aromatic nitrogens is 6. The SMILES string of the molecule is C=C(Nc1cncc(-c2ccc3[nH]nc(-c4nc5c(C)ccc(C(/C=C\C)=C/C)c5[nH]4)c3n2)c1)C(C)C. The summed E-state index contributed by atoms with van der Waals surface area (Å²) in [5.74, 6) is 1.00. The first-order chi connectivity index (χ1) is 17.9. The molecule has 4 aromatic heterocycles. The molecule has 0 aliphatic carbocycles. The van der Waals surface area contributed by atoms with Crippen LogP contribution in [0.4, 0.5) is 5.69 Å². The first-order valence-corrected chi connectivity index (χ1v) is 12.4. The minimum absolute atomic E-state index is 0.321. The quantitative estimate of drug-likeness (QED) is 0.207. The number of hydrogen-bond acceptors (Lipinski definition) is 5. The Bertz CT molecular complexity index is 1680. The van der Waals surface area contributed by atoms with Crippen LogP contribution < -0.4 is 5.32 Å². The lowest BCUT2D eigenvalue weighted by Gasteiger charge is -2.13. The van der Waals surface area contributed by atoms with E-state index in [1.54, 1.807) is 6.20 Å². The summed E-state index contributed by atoms with van der Waals surface area (Å²) in [5.41, 5.74) is 11.1. The highest BCUT2D eigenvalue weighted by Crippen LogP contribution is 2.32. The van der Waals surface area contributed by atoms with Gasteiger partial charge in [0.15, 0.2) is 11.5 Å². The van der Waals surface area contributed by atoms with Crippen LogP contribution >= 0.6 is 0 Å². The smallest absolute Gasteiger partial charge is 0.161 e. The van der Waals surface area contributed by atoms with E-state index in [0.29, 0.717) is 17.4 Å². The first-order valence-electron chi connectivity index (χ1n) is 12.4. The number of rotatable bonds is 7. The average molecular weight is 490 g/mol. The molecule has 0 atom stereocenters. The van der Waals surface area contributed by atoms with Crippen LogP contribution in [0.1, 0.15) is 38.8 Å². The van der Waals surface area contributed by atoms with Gasteiger partial charge in [-0.2, -0.15) is 5.10 Å². The lowest BCUT2D eigenvalue weighted by atomic mass is 10.0. The van der Waals surface area contributed by atoms with E-state index in [-0.39, 0.29) is 0 Å². The van der Waals surface area contributed by atoms with Crippen molar-refractivity contribution >= 4 is 33.3 Å². The molecule has 7 nitrogen and oxygen atoms in total. The number of anilines is 1. The topological polar surface area (TPSA) is 95.2 Å². The van der Waals surface area contributed by atoms with Crippen molar-refractivity contribution in [1.82, 2.24) is 30.1 Å². The molecule has 0 aliphatic rings. The van der Waals surface area contributed by atoms with Crippen LogP contribution in [-0.4, -0.2) is 30.1 Å². The summed E-state index contributed by atoms with van der Waals surface area (Å²) in [5, 5.41) is 11.0. The number of nitrogens with zero attached hydrogens (tertiary/aromatic N) is 4. The molecule has 0 spiro atoms. The molecule has 186 valence electrons. The van der Waals surface area contributed by atoms with Gasteiger partial charge in [0, 0.05) is 23.0 Å². The molecule has 5 rings (SSSR count). The number of nitrogens with one attached hydrogen (secondary N) is 3. The largest absolute Gasteiger partial charge is 0.358 e. The molecular weight excluding hydrogens is 458 g/mol. The highest BCUT2D eigenvalue weighted by atomic mass is 15.1. The summed E-state index contributed by atoms with van der Waals surface area (Å²) in [7, 11) is 0. The highest BCUT2D eigenvalue weighted by Gasteiger charge is 2.18. The Hall–Kier alpha value is -4.52. The Balaban J connectivity index is 1.59. The zero-order chi connectivity index (χ0) is 26.1. The number of hydrogen-bond donors (Lipinski definition) is 3. The molecule has 5 aromatic rings. The number of aryl methyl sites for hydroxylation is 1. The van der Waals surface area contributed by atoms with Crippen LogP contribution in [0.2, 0.25) is 0 Å². The zero-order valence-corrected chi connectivity index (χ0v) is 21.8. The van der Waals surface area contributed by atoms with E-state index in [9.17, 15) is 0 Å². The molecule has 3 N–H and O–H groups in total. The summed E-state index contributed by atoms with van der Waals surface area (Å²) in [6, 6.07) is 10.2. The summed E-state index contributed by atoms with van der Waals surface area (Å²) in [6.07, 6.45) is 9.86. The molecular formula is C30H31N7. The van der Waals surface area contributed by atoms with Crippen LogP contribution in [-0.2, 0) is 0 Å². The van der Waals surface area contributed by atoms with Gasteiger partial charge in [-0.1, -0.05) is 50.8 Å². The molecule has 0 bridgehead atoms. The van der Waals surface area contributed by atoms with E-state index in [2.05, 4.69) is 77.1 Å².